The van der Waals surface area contributed by atoms with Crippen molar-refractivity contribution in [2.75, 3.05) is 19.8 Å². The zero-order chi connectivity index (χ0) is 19.4. The molecule has 0 heterocycles. The lowest BCUT2D eigenvalue weighted by Crippen LogP contribution is -2.58. The summed E-state index contributed by atoms with van der Waals surface area (Å²) in [7, 11) is 0. The minimum atomic E-state index is -0.811. The highest BCUT2D eigenvalue weighted by molar-refractivity contribution is 5.82. The molecule has 0 amide bonds. The first-order valence-electron chi connectivity index (χ1n) is 9.36. The molecule has 6 nitrogen and oxygen atoms in total. The quantitative estimate of drug-likeness (QED) is 0.415. The van der Waals surface area contributed by atoms with E-state index in [1.807, 2.05) is 13.8 Å². The first kappa shape index (κ1) is 20.7. The van der Waals surface area contributed by atoms with Crippen LogP contribution in [0.3, 0.4) is 0 Å². The van der Waals surface area contributed by atoms with Gasteiger partial charge in [-0.2, -0.15) is 0 Å². The topological polar surface area (TPSA) is 113 Å². The molecule has 1 aromatic carbocycles. The smallest absolute Gasteiger partial charge is 0.161 e. The summed E-state index contributed by atoms with van der Waals surface area (Å²) < 4.78 is 6.32. The molecule has 0 spiro atoms. The van der Waals surface area contributed by atoms with Crippen molar-refractivity contribution in [1.82, 2.24) is 0 Å². The zero-order valence-electron chi connectivity index (χ0n) is 15.8. The molecule has 26 heavy (non-hydrogen) atoms. The van der Waals surface area contributed by atoms with Crippen molar-refractivity contribution in [2.45, 2.75) is 63.4 Å². The molecule has 0 aliphatic heterocycles. The Morgan fingerprint density at radius 2 is 2.04 bits per heavy atom. The van der Waals surface area contributed by atoms with Crippen molar-refractivity contribution >= 4 is 5.78 Å². The summed E-state index contributed by atoms with van der Waals surface area (Å²) in [5, 5.41) is 30.0. The number of aliphatic hydroxyl groups excluding tert-OH is 1. The molecule has 0 saturated heterocycles. The number of hydrogen-bond donors (Lipinski definition) is 4. The van der Waals surface area contributed by atoms with Crippen LogP contribution in [0.25, 0.3) is 0 Å². The lowest BCUT2D eigenvalue weighted by molar-refractivity contribution is -0.151. The second-order valence-electron chi connectivity index (χ2n) is 7.23. The summed E-state index contributed by atoms with van der Waals surface area (Å²) in [5.41, 5.74) is 5.80. The van der Waals surface area contributed by atoms with Crippen LogP contribution in [0.5, 0.6) is 11.5 Å². The number of aromatic hydroxyl groups is 2. The number of hydrogen-bond acceptors (Lipinski definition) is 6. The fraction of sp³-hybridized carbons (Fsp3) is 0.650. The van der Waals surface area contributed by atoms with Gasteiger partial charge in [0.2, 0.25) is 0 Å². The van der Waals surface area contributed by atoms with Gasteiger partial charge in [0.1, 0.15) is 5.78 Å². The highest BCUT2D eigenvalue weighted by Gasteiger charge is 2.56. The van der Waals surface area contributed by atoms with Gasteiger partial charge in [0.05, 0.1) is 5.60 Å². The van der Waals surface area contributed by atoms with Crippen molar-refractivity contribution in [1.29, 1.82) is 0 Å². The zero-order valence-corrected chi connectivity index (χ0v) is 15.8. The summed E-state index contributed by atoms with van der Waals surface area (Å²) in [6.45, 7) is 4.59. The Morgan fingerprint density at radius 3 is 2.65 bits per heavy atom. The molecular formula is C20H31NO5. The molecule has 1 saturated carbocycles. The molecule has 146 valence electrons. The van der Waals surface area contributed by atoms with E-state index in [1.54, 1.807) is 6.07 Å². The molecule has 1 unspecified atom stereocenters. The fourth-order valence-electron chi connectivity index (χ4n) is 4.62. The van der Waals surface area contributed by atoms with Crippen molar-refractivity contribution in [3.63, 3.8) is 0 Å². The second-order valence-corrected chi connectivity index (χ2v) is 7.23. The number of phenolic OH excluding ortho intramolecular Hbond substituents is 2. The lowest BCUT2D eigenvalue weighted by Gasteiger charge is -2.53. The van der Waals surface area contributed by atoms with E-state index >= 15 is 0 Å². The Kier molecular flexibility index (Phi) is 6.66. The average molecular weight is 365 g/mol. The van der Waals surface area contributed by atoms with Gasteiger partial charge >= 0.3 is 0 Å². The molecule has 0 radical (unpaired) electrons. The van der Waals surface area contributed by atoms with Gasteiger partial charge in [0.25, 0.3) is 0 Å². The monoisotopic (exact) mass is 365 g/mol. The van der Waals surface area contributed by atoms with Crippen molar-refractivity contribution in [3.05, 3.63) is 23.3 Å². The SMILES string of the molecule is CCC1(OCCCO)CCC(=O)C[C@]1(CCN)c1c(C)ccc(O)c1O. The standard InChI is InChI=1S/C20H31NO5/c1-3-20(26-12-4-11-22)8-7-15(23)13-19(20,9-10-21)17-14(2)5-6-16(24)18(17)25/h5-6,22,24-25H,3-4,7-13,21H2,1-2H3/t19-,20?/m1/s1. The van der Waals surface area contributed by atoms with Crippen LogP contribution < -0.4 is 5.73 Å². The highest BCUT2D eigenvalue weighted by Crippen LogP contribution is 2.55. The van der Waals surface area contributed by atoms with Crippen molar-refractivity contribution in [2.24, 2.45) is 5.73 Å². The second kappa shape index (κ2) is 8.37. The van der Waals surface area contributed by atoms with Crippen LogP contribution in [0.1, 0.15) is 56.6 Å². The number of aliphatic hydroxyl groups is 1. The first-order valence-corrected chi connectivity index (χ1v) is 9.36. The molecule has 0 bridgehead atoms. The van der Waals surface area contributed by atoms with Gasteiger partial charge in [-0.1, -0.05) is 13.0 Å². The van der Waals surface area contributed by atoms with E-state index in [2.05, 4.69) is 0 Å². The number of ketones is 1. The number of benzene rings is 1. The van der Waals surface area contributed by atoms with Crippen LogP contribution in [0.4, 0.5) is 0 Å². The van der Waals surface area contributed by atoms with E-state index < -0.39 is 11.0 Å². The summed E-state index contributed by atoms with van der Waals surface area (Å²) in [6.07, 6.45) is 2.76. The van der Waals surface area contributed by atoms with Gasteiger partial charge in [-0.15, -0.1) is 0 Å². The number of carbonyl (C=O) groups is 1. The summed E-state index contributed by atoms with van der Waals surface area (Å²) >= 11 is 0. The maximum Gasteiger partial charge on any atom is 0.161 e. The maximum atomic E-state index is 12.5. The molecule has 5 N–H and O–H groups in total. The number of aryl methyl sites for hydroxylation is 1. The third-order valence-electron chi connectivity index (χ3n) is 5.85. The van der Waals surface area contributed by atoms with Gasteiger partial charge in [-0.05, 0) is 50.8 Å². The maximum absolute atomic E-state index is 12.5. The molecular weight excluding hydrogens is 334 g/mol. The Bertz CT molecular complexity index is 647. The summed E-state index contributed by atoms with van der Waals surface area (Å²) in [6, 6.07) is 3.20. The average Bonchev–Trinajstić information content (AvgIpc) is 2.61. The van der Waals surface area contributed by atoms with Crippen LogP contribution in [-0.2, 0) is 14.9 Å². The predicted octanol–water partition coefficient (Wildman–Crippen LogP) is 2.29. The van der Waals surface area contributed by atoms with Gasteiger partial charge < -0.3 is 25.8 Å². The van der Waals surface area contributed by atoms with Crippen LogP contribution >= 0.6 is 0 Å². The first-order chi connectivity index (χ1) is 12.4. The Hall–Kier alpha value is -1.63. The van der Waals surface area contributed by atoms with Crippen LogP contribution in [0, 0.1) is 6.92 Å². The van der Waals surface area contributed by atoms with Gasteiger partial charge in [0, 0.05) is 37.0 Å². The molecule has 2 atom stereocenters. The van der Waals surface area contributed by atoms with E-state index in [0.717, 1.165) is 5.56 Å². The molecule has 1 aliphatic rings. The minimum absolute atomic E-state index is 0.0268. The summed E-state index contributed by atoms with van der Waals surface area (Å²) in [5.74, 6) is -0.299. The molecule has 2 rings (SSSR count). The van der Waals surface area contributed by atoms with Crippen LogP contribution in [0.2, 0.25) is 0 Å². The Balaban J connectivity index is 2.69. The van der Waals surface area contributed by atoms with E-state index in [4.69, 9.17) is 15.6 Å². The van der Waals surface area contributed by atoms with Gasteiger partial charge in [-0.3, -0.25) is 4.79 Å². The normalized spacial score (nSPS) is 26.2. The molecule has 1 fully saturated rings. The van der Waals surface area contributed by atoms with Crippen LogP contribution in [-0.4, -0.2) is 46.5 Å². The number of rotatable bonds is 8. The van der Waals surface area contributed by atoms with Gasteiger partial charge in [-0.25, -0.2) is 0 Å². The number of phenols is 2. The van der Waals surface area contributed by atoms with E-state index in [9.17, 15) is 15.0 Å². The number of ether oxygens (including phenoxy) is 1. The van der Waals surface area contributed by atoms with Gasteiger partial charge in [0.15, 0.2) is 11.5 Å². The molecule has 0 aromatic heterocycles. The highest BCUT2D eigenvalue weighted by atomic mass is 16.5. The molecule has 6 heteroatoms. The van der Waals surface area contributed by atoms with Crippen LogP contribution in [0.15, 0.2) is 12.1 Å². The van der Waals surface area contributed by atoms with E-state index in [1.165, 1.54) is 6.07 Å². The fourth-order valence-corrected chi connectivity index (χ4v) is 4.62. The van der Waals surface area contributed by atoms with Crippen molar-refractivity contribution < 1.29 is 24.9 Å². The number of carbonyl (C=O) groups excluding carboxylic acids is 1. The van der Waals surface area contributed by atoms with Crippen molar-refractivity contribution in [3.8, 4) is 11.5 Å². The lowest BCUT2D eigenvalue weighted by atomic mass is 9.55. The Morgan fingerprint density at radius 1 is 1.31 bits per heavy atom. The molecule has 1 aliphatic carbocycles. The van der Waals surface area contributed by atoms with E-state index in [-0.39, 0.29) is 30.3 Å². The number of nitrogens with two attached hydrogens (primary N) is 1. The third kappa shape index (κ3) is 3.46. The Labute approximate surface area is 155 Å². The largest absolute Gasteiger partial charge is 0.504 e. The number of Topliss-reactive ketones (excluding diaryl/α,β-unsaturated/α-hetero) is 1. The minimum Gasteiger partial charge on any atom is -0.504 e. The third-order valence-corrected chi connectivity index (χ3v) is 5.85. The van der Waals surface area contributed by atoms with E-state index in [0.29, 0.717) is 50.8 Å². The molecule has 1 aromatic rings. The summed E-state index contributed by atoms with van der Waals surface area (Å²) in [4.78, 5) is 12.5. The predicted molar refractivity (Wildman–Crippen MR) is 99.4 cm³/mol.